The lowest BCUT2D eigenvalue weighted by Crippen LogP contribution is -2.39. The van der Waals surface area contributed by atoms with Crippen LogP contribution in [-0.4, -0.2) is 37.8 Å². The van der Waals surface area contributed by atoms with Crippen LogP contribution in [0.2, 0.25) is 0 Å². The van der Waals surface area contributed by atoms with Gasteiger partial charge in [0, 0.05) is 42.9 Å². The first-order chi connectivity index (χ1) is 13.0. The molecule has 27 heavy (non-hydrogen) atoms. The van der Waals surface area contributed by atoms with Gasteiger partial charge in [-0.05, 0) is 43.3 Å². The van der Waals surface area contributed by atoms with E-state index >= 15 is 0 Å². The number of nitrogens with zero attached hydrogens (tertiary/aromatic N) is 2. The summed E-state index contributed by atoms with van der Waals surface area (Å²) < 4.78 is 5.75. The maximum Gasteiger partial charge on any atom is 0.319 e. The maximum atomic E-state index is 12.3. The van der Waals surface area contributed by atoms with Gasteiger partial charge in [-0.1, -0.05) is 12.1 Å². The van der Waals surface area contributed by atoms with Gasteiger partial charge in [-0.2, -0.15) is 0 Å². The maximum absolute atomic E-state index is 12.3. The summed E-state index contributed by atoms with van der Waals surface area (Å²) in [6.07, 6.45) is 3.49. The predicted molar refractivity (Wildman–Crippen MR) is 110 cm³/mol. The second-order valence-corrected chi connectivity index (χ2v) is 6.60. The van der Waals surface area contributed by atoms with Crippen LogP contribution < -0.4 is 20.3 Å². The molecule has 2 aromatic carbocycles. The molecule has 2 N–H and O–H groups in total. The van der Waals surface area contributed by atoms with Gasteiger partial charge in [0.15, 0.2) is 0 Å². The Morgan fingerprint density at radius 1 is 1.15 bits per heavy atom. The third-order valence-electron chi connectivity index (χ3n) is 4.16. The number of aromatic nitrogens is 1. The van der Waals surface area contributed by atoms with E-state index in [1.165, 1.54) is 0 Å². The van der Waals surface area contributed by atoms with Crippen LogP contribution in [0, 0.1) is 0 Å². The standard InChI is InChI=1S/C21H24N4O2/c1-15(14-27-18-9-7-17(8-10-18)25(2)3)23-21(26)24-20-6-4-5-16-13-22-12-11-19(16)20/h4-13,15H,14H2,1-3H3,(H2,23,24,26)/t15-/m0/s1. The van der Waals surface area contributed by atoms with Gasteiger partial charge in [0.25, 0.3) is 0 Å². The Kier molecular flexibility index (Phi) is 5.76. The molecule has 0 fully saturated rings. The highest BCUT2D eigenvalue weighted by Crippen LogP contribution is 2.22. The highest BCUT2D eigenvalue weighted by molar-refractivity contribution is 6.01. The number of carbonyl (C=O) groups excluding carboxylic acids is 1. The summed E-state index contributed by atoms with van der Waals surface area (Å²) in [5.74, 6) is 0.774. The molecule has 3 aromatic rings. The number of hydrogen-bond donors (Lipinski definition) is 2. The first kappa shape index (κ1) is 18.5. The lowest BCUT2D eigenvalue weighted by molar-refractivity contribution is 0.236. The fourth-order valence-corrected chi connectivity index (χ4v) is 2.72. The Balaban J connectivity index is 1.53. The fourth-order valence-electron chi connectivity index (χ4n) is 2.72. The Hall–Kier alpha value is -3.28. The molecule has 0 radical (unpaired) electrons. The Morgan fingerprint density at radius 2 is 1.93 bits per heavy atom. The van der Waals surface area contributed by atoms with Gasteiger partial charge in [0.2, 0.25) is 0 Å². The second kappa shape index (κ2) is 8.40. The molecule has 0 saturated heterocycles. The summed E-state index contributed by atoms with van der Waals surface area (Å²) in [6, 6.07) is 15.0. The summed E-state index contributed by atoms with van der Waals surface area (Å²) in [5.41, 5.74) is 1.86. The first-order valence-electron chi connectivity index (χ1n) is 8.83. The smallest absolute Gasteiger partial charge is 0.319 e. The molecule has 0 spiro atoms. The number of carbonyl (C=O) groups is 1. The van der Waals surface area contributed by atoms with Gasteiger partial charge < -0.3 is 20.3 Å². The van der Waals surface area contributed by atoms with E-state index in [4.69, 9.17) is 4.74 Å². The van der Waals surface area contributed by atoms with Crippen LogP contribution in [0.15, 0.2) is 60.9 Å². The second-order valence-electron chi connectivity index (χ2n) is 6.60. The molecular weight excluding hydrogens is 340 g/mol. The van der Waals surface area contributed by atoms with Crippen molar-refractivity contribution in [2.75, 3.05) is 30.9 Å². The average molecular weight is 364 g/mol. The topological polar surface area (TPSA) is 66.5 Å². The number of pyridine rings is 1. The van der Waals surface area contributed by atoms with Crippen molar-refractivity contribution < 1.29 is 9.53 Å². The van der Waals surface area contributed by atoms with E-state index in [1.54, 1.807) is 12.4 Å². The molecule has 6 nitrogen and oxygen atoms in total. The van der Waals surface area contributed by atoms with Crippen molar-refractivity contribution in [3.05, 3.63) is 60.9 Å². The number of hydrogen-bond acceptors (Lipinski definition) is 4. The SMILES string of the molecule is C[C@@H](COc1ccc(N(C)C)cc1)NC(=O)Nc1cccc2cnccc12. The van der Waals surface area contributed by atoms with Crippen molar-refractivity contribution in [1.82, 2.24) is 10.3 Å². The molecule has 0 saturated carbocycles. The summed E-state index contributed by atoms with van der Waals surface area (Å²) >= 11 is 0. The van der Waals surface area contributed by atoms with Crippen molar-refractivity contribution in [2.24, 2.45) is 0 Å². The minimum atomic E-state index is -0.265. The van der Waals surface area contributed by atoms with Crippen LogP contribution in [0.25, 0.3) is 10.8 Å². The molecule has 0 aliphatic heterocycles. The van der Waals surface area contributed by atoms with E-state index in [9.17, 15) is 4.79 Å². The van der Waals surface area contributed by atoms with Crippen LogP contribution in [0.4, 0.5) is 16.2 Å². The zero-order valence-corrected chi connectivity index (χ0v) is 15.8. The van der Waals surface area contributed by atoms with Gasteiger partial charge in [-0.15, -0.1) is 0 Å². The number of nitrogens with one attached hydrogen (secondary N) is 2. The van der Waals surface area contributed by atoms with E-state index in [2.05, 4.69) is 15.6 Å². The Morgan fingerprint density at radius 3 is 2.67 bits per heavy atom. The molecule has 0 unspecified atom stereocenters. The lowest BCUT2D eigenvalue weighted by Gasteiger charge is -2.17. The number of ether oxygens (including phenoxy) is 1. The molecule has 140 valence electrons. The molecule has 3 rings (SSSR count). The highest BCUT2D eigenvalue weighted by Gasteiger charge is 2.10. The van der Waals surface area contributed by atoms with Gasteiger partial charge in [0.1, 0.15) is 12.4 Å². The molecule has 2 amide bonds. The summed E-state index contributed by atoms with van der Waals surface area (Å²) in [4.78, 5) is 18.4. The van der Waals surface area contributed by atoms with E-state index in [0.717, 1.165) is 27.9 Å². The fraction of sp³-hybridized carbons (Fsp3) is 0.238. The van der Waals surface area contributed by atoms with E-state index in [0.29, 0.717) is 6.61 Å². The predicted octanol–water partition coefficient (Wildman–Crippen LogP) is 3.89. The highest BCUT2D eigenvalue weighted by atomic mass is 16.5. The number of amides is 2. The number of anilines is 2. The largest absolute Gasteiger partial charge is 0.491 e. The summed E-state index contributed by atoms with van der Waals surface area (Å²) in [5, 5.41) is 7.72. The molecule has 1 heterocycles. The number of fused-ring (bicyclic) bond motifs is 1. The molecule has 1 atom stereocenters. The molecule has 1 aromatic heterocycles. The number of urea groups is 1. The molecule has 0 aliphatic carbocycles. The molecule has 6 heteroatoms. The van der Waals surface area contributed by atoms with E-state index < -0.39 is 0 Å². The van der Waals surface area contributed by atoms with Crippen LogP contribution in [0.1, 0.15) is 6.92 Å². The lowest BCUT2D eigenvalue weighted by atomic mass is 10.1. The quantitative estimate of drug-likeness (QED) is 0.696. The monoisotopic (exact) mass is 364 g/mol. The van der Waals surface area contributed by atoms with Crippen LogP contribution in [-0.2, 0) is 0 Å². The van der Waals surface area contributed by atoms with E-state index in [1.807, 2.05) is 74.4 Å². The van der Waals surface area contributed by atoms with Crippen molar-refractivity contribution in [3.63, 3.8) is 0 Å². The van der Waals surface area contributed by atoms with Crippen molar-refractivity contribution in [2.45, 2.75) is 13.0 Å². The summed E-state index contributed by atoms with van der Waals surface area (Å²) in [6.45, 7) is 2.29. The zero-order valence-electron chi connectivity index (χ0n) is 15.8. The minimum absolute atomic E-state index is 0.143. The average Bonchev–Trinajstić information content (AvgIpc) is 2.67. The van der Waals surface area contributed by atoms with Gasteiger partial charge in [-0.3, -0.25) is 4.98 Å². The number of rotatable bonds is 6. The van der Waals surface area contributed by atoms with Crippen molar-refractivity contribution in [3.8, 4) is 5.75 Å². The van der Waals surface area contributed by atoms with E-state index in [-0.39, 0.29) is 12.1 Å². The molecule has 0 bridgehead atoms. The molecular formula is C21H24N4O2. The van der Waals surface area contributed by atoms with Crippen molar-refractivity contribution >= 4 is 28.2 Å². The van der Waals surface area contributed by atoms with Crippen LogP contribution in [0.3, 0.4) is 0 Å². The van der Waals surface area contributed by atoms with Crippen LogP contribution in [0.5, 0.6) is 5.75 Å². The zero-order chi connectivity index (χ0) is 19.2. The Labute approximate surface area is 159 Å². The first-order valence-corrected chi connectivity index (χ1v) is 8.83. The van der Waals surface area contributed by atoms with Gasteiger partial charge >= 0.3 is 6.03 Å². The van der Waals surface area contributed by atoms with Gasteiger partial charge in [-0.25, -0.2) is 4.79 Å². The summed E-state index contributed by atoms with van der Waals surface area (Å²) in [7, 11) is 3.99. The normalized spacial score (nSPS) is 11.7. The third-order valence-corrected chi connectivity index (χ3v) is 4.16. The van der Waals surface area contributed by atoms with Crippen LogP contribution >= 0.6 is 0 Å². The molecule has 0 aliphatic rings. The minimum Gasteiger partial charge on any atom is -0.491 e. The number of benzene rings is 2. The van der Waals surface area contributed by atoms with Gasteiger partial charge in [0.05, 0.1) is 11.7 Å². The Bertz CT molecular complexity index is 904. The van der Waals surface area contributed by atoms with Crippen molar-refractivity contribution in [1.29, 1.82) is 0 Å². The third kappa shape index (κ3) is 4.88.